The van der Waals surface area contributed by atoms with Crippen LogP contribution in [0.5, 0.6) is 5.88 Å². The first-order valence-electron chi connectivity index (χ1n) is 2.38. The van der Waals surface area contributed by atoms with Crippen molar-refractivity contribution >= 4 is 6.03 Å². The average Bonchev–Trinajstić information content (AvgIpc) is 2.13. The van der Waals surface area contributed by atoms with Gasteiger partial charge < -0.3 is 10.8 Å². The molecule has 0 aliphatic carbocycles. The minimum absolute atomic E-state index is 0.137. The van der Waals surface area contributed by atoms with E-state index in [1.54, 1.807) is 0 Å². The number of primary amides is 1. The first-order valence-corrected chi connectivity index (χ1v) is 2.38. The predicted octanol–water partition coefficient (Wildman–Crippen LogP) is 0.121. The molecule has 0 spiro atoms. The van der Waals surface area contributed by atoms with E-state index in [-0.39, 0.29) is 5.88 Å². The third-order valence-corrected chi connectivity index (χ3v) is 0.965. The number of rotatable bonds is 0. The summed E-state index contributed by atoms with van der Waals surface area (Å²) in [6, 6.07) is 2.22. The molecule has 1 amide bonds. The van der Waals surface area contributed by atoms with Gasteiger partial charge in [-0.2, -0.15) is 0 Å². The highest BCUT2D eigenvalue weighted by atomic mass is 16.3. The molecule has 0 saturated heterocycles. The van der Waals surface area contributed by atoms with Crippen LogP contribution in [0.25, 0.3) is 0 Å². The summed E-state index contributed by atoms with van der Waals surface area (Å²) < 4.78 is 0.944. The third-order valence-electron chi connectivity index (χ3n) is 0.965. The Bertz CT molecular complexity index is 229. The molecule has 0 fully saturated rings. The van der Waals surface area contributed by atoms with Gasteiger partial charge in [-0.05, 0) is 6.07 Å². The number of carbonyl (C=O) groups excluding carboxylic acids is 1. The van der Waals surface area contributed by atoms with E-state index in [9.17, 15) is 4.79 Å². The van der Waals surface area contributed by atoms with Gasteiger partial charge in [-0.1, -0.05) is 0 Å². The van der Waals surface area contributed by atoms with Gasteiger partial charge in [0.15, 0.2) is 5.88 Å². The Morgan fingerprint density at radius 1 is 1.78 bits per heavy atom. The minimum atomic E-state index is -0.683. The molecule has 0 radical (unpaired) electrons. The van der Waals surface area contributed by atoms with Gasteiger partial charge in [-0.3, -0.25) is 0 Å². The molecule has 1 aromatic heterocycles. The summed E-state index contributed by atoms with van der Waals surface area (Å²) in [4.78, 5) is 10.3. The molecule has 3 N–H and O–H groups in total. The van der Waals surface area contributed by atoms with E-state index in [4.69, 9.17) is 10.8 Å². The van der Waals surface area contributed by atoms with Crippen LogP contribution in [0.2, 0.25) is 0 Å². The molecule has 0 atom stereocenters. The zero-order valence-corrected chi connectivity index (χ0v) is 4.61. The molecule has 0 saturated carbocycles. The summed E-state index contributed by atoms with van der Waals surface area (Å²) in [5, 5.41) is 8.78. The lowest BCUT2D eigenvalue weighted by molar-refractivity contribution is 0.247. The number of amides is 1. The molecular formula is C5H6N2O2. The van der Waals surface area contributed by atoms with E-state index in [1.165, 1.54) is 18.3 Å². The Hall–Kier alpha value is -1.45. The van der Waals surface area contributed by atoms with Gasteiger partial charge in [0.05, 0.1) is 0 Å². The van der Waals surface area contributed by atoms with Gasteiger partial charge in [0.1, 0.15) is 0 Å². The fourth-order valence-electron chi connectivity index (χ4n) is 0.558. The van der Waals surface area contributed by atoms with Crippen LogP contribution in [0.1, 0.15) is 0 Å². The number of aromatic hydroxyl groups is 1. The first kappa shape index (κ1) is 5.68. The van der Waals surface area contributed by atoms with Crippen molar-refractivity contribution in [2.75, 3.05) is 0 Å². The highest BCUT2D eigenvalue weighted by Crippen LogP contribution is 2.06. The Balaban J connectivity index is 3.08. The molecular weight excluding hydrogens is 120 g/mol. The molecule has 9 heavy (non-hydrogen) atoms. The van der Waals surface area contributed by atoms with Crippen molar-refractivity contribution in [2.24, 2.45) is 5.73 Å². The fourth-order valence-corrected chi connectivity index (χ4v) is 0.558. The van der Waals surface area contributed by atoms with E-state index in [0.717, 1.165) is 4.57 Å². The molecule has 0 aliphatic rings. The molecule has 1 heterocycles. The second kappa shape index (κ2) is 1.81. The van der Waals surface area contributed by atoms with Crippen LogP contribution in [-0.4, -0.2) is 15.7 Å². The number of nitrogens with two attached hydrogens (primary N) is 1. The number of hydrogen-bond acceptors (Lipinski definition) is 2. The molecule has 48 valence electrons. The Morgan fingerprint density at radius 2 is 2.44 bits per heavy atom. The molecule has 4 nitrogen and oxygen atoms in total. The van der Waals surface area contributed by atoms with Crippen LogP contribution in [-0.2, 0) is 0 Å². The van der Waals surface area contributed by atoms with Crippen molar-refractivity contribution in [3.63, 3.8) is 0 Å². The van der Waals surface area contributed by atoms with Crippen molar-refractivity contribution in [3.8, 4) is 5.88 Å². The number of carbonyl (C=O) groups is 1. The lowest BCUT2D eigenvalue weighted by Gasteiger charge is -1.94. The fraction of sp³-hybridized carbons (Fsp3) is 0. The third kappa shape index (κ3) is 0.861. The van der Waals surface area contributed by atoms with Gasteiger partial charge >= 0.3 is 6.03 Å². The highest BCUT2D eigenvalue weighted by molar-refractivity contribution is 5.76. The standard InChI is InChI=1S/C5H6N2O2/c6-5(9)7-3-1-2-4(7)8/h1-3,8H,(H2,6,9). The first-order chi connectivity index (χ1) is 4.22. The maximum Gasteiger partial charge on any atom is 0.325 e. The SMILES string of the molecule is NC(=O)n1cccc1O. The van der Waals surface area contributed by atoms with Crippen molar-refractivity contribution in [2.45, 2.75) is 0 Å². The van der Waals surface area contributed by atoms with E-state index in [1.807, 2.05) is 0 Å². The van der Waals surface area contributed by atoms with Crippen LogP contribution in [0.3, 0.4) is 0 Å². The minimum Gasteiger partial charge on any atom is -0.494 e. The lowest BCUT2D eigenvalue weighted by Crippen LogP contribution is -2.17. The second-order valence-electron chi connectivity index (χ2n) is 1.57. The smallest absolute Gasteiger partial charge is 0.325 e. The Kier molecular flexibility index (Phi) is 1.14. The summed E-state index contributed by atoms with van der Waals surface area (Å²) in [6.45, 7) is 0. The molecule has 0 bridgehead atoms. The highest BCUT2D eigenvalue weighted by Gasteiger charge is 2.00. The Labute approximate surface area is 51.5 Å². The quantitative estimate of drug-likeness (QED) is 0.518. The predicted molar refractivity (Wildman–Crippen MR) is 31.1 cm³/mol. The Morgan fingerprint density at radius 3 is 2.67 bits per heavy atom. The number of nitrogens with zero attached hydrogens (tertiary/aromatic N) is 1. The molecule has 0 aromatic carbocycles. The van der Waals surface area contributed by atoms with Crippen molar-refractivity contribution in [1.29, 1.82) is 0 Å². The zero-order valence-electron chi connectivity index (χ0n) is 4.61. The summed E-state index contributed by atoms with van der Waals surface area (Å²) in [5.74, 6) is -0.137. The number of aromatic nitrogens is 1. The van der Waals surface area contributed by atoms with Crippen LogP contribution in [0.4, 0.5) is 4.79 Å². The molecule has 4 heteroatoms. The monoisotopic (exact) mass is 126 g/mol. The lowest BCUT2D eigenvalue weighted by atomic mass is 10.7. The van der Waals surface area contributed by atoms with Crippen LogP contribution < -0.4 is 5.73 Å². The van der Waals surface area contributed by atoms with Crippen molar-refractivity contribution < 1.29 is 9.90 Å². The molecule has 0 aliphatic heterocycles. The zero-order chi connectivity index (χ0) is 6.85. The van der Waals surface area contributed by atoms with Gasteiger partial charge in [-0.15, -0.1) is 0 Å². The van der Waals surface area contributed by atoms with Gasteiger partial charge in [0, 0.05) is 12.3 Å². The summed E-state index contributed by atoms with van der Waals surface area (Å²) in [6.07, 6.45) is 1.39. The normalized spacial score (nSPS) is 9.33. The topological polar surface area (TPSA) is 68.2 Å². The summed E-state index contributed by atoms with van der Waals surface area (Å²) >= 11 is 0. The van der Waals surface area contributed by atoms with E-state index >= 15 is 0 Å². The molecule has 0 unspecified atom stereocenters. The van der Waals surface area contributed by atoms with Crippen molar-refractivity contribution in [3.05, 3.63) is 18.3 Å². The molecule has 1 rings (SSSR count). The summed E-state index contributed by atoms with van der Waals surface area (Å²) in [5.41, 5.74) is 4.82. The van der Waals surface area contributed by atoms with Crippen LogP contribution in [0.15, 0.2) is 18.3 Å². The van der Waals surface area contributed by atoms with Crippen LogP contribution >= 0.6 is 0 Å². The summed E-state index contributed by atoms with van der Waals surface area (Å²) in [7, 11) is 0. The average molecular weight is 126 g/mol. The van der Waals surface area contributed by atoms with E-state index in [2.05, 4.69) is 0 Å². The van der Waals surface area contributed by atoms with E-state index in [0.29, 0.717) is 0 Å². The maximum absolute atomic E-state index is 10.3. The second-order valence-corrected chi connectivity index (χ2v) is 1.57. The van der Waals surface area contributed by atoms with Crippen molar-refractivity contribution in [1.82, 2.24) is 4.57 Å². The van der Waals surface area contributed by atoms with Gasteiger partial charge in [0.2, 0.25) is 0 Å². The van der Waals surface area contributed by atoms with Crippen LogP contribution in [0, 0.1) is 0 Å². The largest absolute Gasteiger partial charge is 0.494 e. The molecule has 1 aromatic rings. The number of hydrogen-bond donors (Lipinski definition) is 2. The maximum atomic E-state index is 10.3. The van der Waals surface area contributed by atoms with Gasteiger partial charge in [-0.25, -0.2) is 9.36 Å². The van der Waals surface area contributed by atoms with E-state index < -0.39 is 6.03 Å². The van der Waals surface area contributed by atoms with Gasteiger partial charge in [0.25, 0.3) is 0 Å².